The first-order chi connectivity index (χ1) is 13.4. The van der Waals surface area contributed by atoms with Crippen LogP contribution in [0.3, 0.4) is 0 Å². The third-order valence-electron chi connectivity index (χ3n) is 4.83. The molecule has 0 unspecified atom stereocenters. The number of hydrogen-bond acceptors (Lipinski definition) is 3. The number of aromatic nitrogens is 2. The predicted octanol–water partition coefficient (Wildman–Crippen LogP) is 7.17. The molecule has 142 valence electrons. The molecule has 0 bridgehead atoms. The molecule has 4 heteroatoms. The van der Waals surface area contributed by atoms with Gasteiger partial charge >= 0.3 is 0 Å². The van der Waals surface area contributed by atoms with Crippen molar-refractivity contribution in [2.75, 3.05) is 5.08 Å². The third-order valence-corrected chi connectivity index (χ3v) is 5.95. The Morgan fingerprint density at radius 2 is 1.36 bits per heavy atom. The second-order valence-corrected chi connectivity index (χ2v) is 9.74. The van der Waals surface area contributed by atoms with E-state index in [0.29, 0.717) is 0 Å². The largest absolute Gasteiger partial charge is 0.342 e. The number of benzene rings is 3. The molecule has 0 atom stereocenters. The van der Waals surface area contributed by atoms with E-state index in [9.17, 15) is 0 Å². The van der Waals surface area contributed by atoms with E-state index in [0.717, 1.165) is 21.9 Å². The zero-order valence-corrected chi connectivity index (χ0v) is 18.1. The SMILES string of the molecule is CC(C)(C)c1nc2ccc(-c3ccc(-c4ccc(SCS)cc4)cc3)cc2[nH]1. The molecule has 0 amide bonds. The van der Waals surface area contributed by atoms with Gasteiger partial charge in [-0.1, -0.05) is 63.2 Å². The van der Waals surface area contributed by atoms with E-state index in [2.05, 4.69) is 105 Å². The normalized spacial score (nSPS) is 11.9. The highest BCUT2D eigenvalue weighted by molar-refractivity contribution is 8.09. The van der Waals surface area contributed by atoms with Gasteiger partial charge in [0.15, 0.2) is 0 Å². The molecule has 4 aromatic rings. The van der Waals surface area contributed by atoms with Crippen molar-refractivity contribution >= 4 is 35.4 Å². The summed E-state index contributed by atoms with van der Waals surface area (Å²) in [7, 11) is 0. The minimum Gasteiger partial charge on any atom is -0.342 e. The number of nitrogens with one attached hydrogen (secondary N) is 1. The number of thiol groups is 1. The molecule has 0 fully saturated rings. The molecule has 0 saturated heterocycles. The van der Waals surface area contributed by atoms with Gasteiger partial charge in [-0.3, -0.25) is 0 Å². The number of rotatable bonds is 4. The first-order valence-electron chi connectivity index (χ1n) is 9.39. The molecule has 28 heavy (non-hydrogen) atoms. The Kier molecular flexibility index (Phi) is 5.26. The van der Waals surface area contributed by atoms with Gasteiger partial charge in [0.2, 0.25) is 0 Å². The van der Waals surface area contributed by atoms with Crippen molar-refractivity contribution in [2.24, 2.45) is 0 Å². The Bertz CT molecular complexity index is 1090. The maximum atomic E-state index is 4.73. The fraction of sp³-hybridized carbons (Fsp3) is 0.208. The van der Waals surface area contributed by atoms with Crippen molar-refractivity contribution in [3.63, 3.8) is 0 Å². The van der Waals surface area contributed by atoms with Crippen molar-refractivity contribution in [3.05, 3.63) is 72.6 Å². The quantitative estimate of drug-likeness (QED) is 0.214. The summed E-state index contributed by atoms with van der Waals surface area (Å²) in [6, 6.07) is 23.8. The first-order valence-corrected chi connectivity index (χ1v) is 11.0. The lowest BCUT2D eigenvalue weighted by Crippen LogP contribution is -2.12. The highest BCUT2D eigenvalue weighted by atomic mass is 32.2. The summed E-state index contributed by atoms with van der Waals surface area (Å²) in [5.74, 6) is 1.02. The van der Waals surface area contributed by atoms with Gasteiger partial charge < -0.3 is 4.98 Å². The average Bonchev–Trinajstić information content (AvgIpc) is 3.13. The Hall–Kier alpha value is -2.17. The van der Waals surface area contributed by atoms with Crippen molar-refractivity contribution in [1.29, 1.82) is 0 Å². The van der Waals surface area contributed by atoms with Crippen LogP contribution in [0.4, 0.5) is 0 Å². The molecule has 1 N–H and O–H groups in total. The molecule has 0 aliphatic heterocycles. The van der Waals surface area contributed by atoms with Gasteiger partial charge in [-0.05, 0) is 46.5 Å². The number of aromatic amines is 1. The first kappa shape index (κ1) is 19.2. The van der Waals surface area contributed by atoms with Gasteiger partial charge in [-0.15, -0.1) is 11.8 Å². The standard InChI is InChI=1S/C24H24N2S2/c1-24(2,3)23-25-21-13-10-19(14-22(21)26-23)18-6-4-16(5-7-18)17-8-11-20(12-9-17)28-15-27/h4-14,27H,15H2,1-3H3,(H,25,26). The highest BCUT2D eigenvalue weighted by Gasteiger charge is 2.18. The predicted molar refractivity (Wildman–Crippen MR) is 125 cm³/mol. The van der Waals surface area contributed by atoms with Gasteiger partial charge in [0.25, 0.3) is 0 Å². The fourth-order valence-electron chi connectivity index (χ4n) is 3.22. The van der Waals surface area contributed by atoms with Crippen LogP contribution in [0.15, 0.2) is 71.6 Å². The van der Waals surface area contributed by atoms with Gasteiger partial charge in [-0.25, -0.2) is 4.98 Å². The Labute approximate surface area is 176 Å². The molecule has 0 spiro atoms. The minimum absolute atomic E-state index is 0.0156. The summed E-state index contributed by atoms with van der Waals surface area (Å²) in [4.78, 5) is 9.46. The molecule has 2 nitrogen and oxygen atoms in total. The van der Waals surface area contributed by atoms with Crippen molar-refractivity contribution in [2.45, 2.75) is 31.1 Å². The maximum Gasteiger partial charge on any atom is 0.112 e. The van der Waals surface area contributed by atoms with E-state index in [-0.39, 0.29) is 5.41 Å². The topological polar surface area (TPSA) is 28.7 Å². The second kappa shape index (κ2) is 7.69. The molecule has 0 saturated carbocycles. The highest BCUT2D eigenvalue weighted by Crippen LogP contribution is 2.29. The minimum atomic E-state index is 0.0156. The van der Waals surface area contributed by atoms with Gasteiger partial charge in [0.1, 0.15) is 5.82 Å². The fourth-order valence-corrected chi connectivity index (χ4v) is 4.14. The monoisotopic (exact) mass is 404 g/mol. The molecule has 1 heterocycles. The molecule has 0 aliphatic carbocycles. The van der Waals surface area contributed by atoms with Crippen LogP contribution in [0.5, 0.6) is 0 Å². The van der Waals surface area contributed by atoms with Crippen LogP contribution >= 0.6 is 24.4 Å². The van der Waals surface area contributed by atoms with Crippen molar-refractivity contribution < 1.29 is 0 Å². The van der Waals surface area contributed by atoms with Crippen LogP contribution < -0.4 is 0 Å². The molecular weight excluding hydrogens is 380 g/mol. The number of imidazole rings is 1. The van der Waals surface area contributed by atoms with Gasteiger partial charge in [0, 0.05) is 15.4 Å². The van der Waals surface area contributed by atoms with E-state index in [1.165, 1.54) is 27.1 Å². The van der Waals surface area contributed by atoms with Crippen LogP contribution in [-0.2, 0) is 5.41 Å². The van der Waals surface area contributed by atoms with Crippen LogP contribution in [-0.4, -0.2) is 15.1 Å². The Morgan fingerprint density at radius 1 is 0.821 bits per heavy atom. The van der Waals surface area contributed by atoms with Crippen LogP contribution in [0.1, 0.15) is 26.6 Å². The van der Waals surface area contributed by atoms with Crippen molar-refractivity contribution in [1.82, 2.24) is 9.97 Å². The summed E-state index contributed by atoms with van der Waals surface area (Å²) < 4.78 is 0. The smallest absolute Gasteiger partial charge is 0.112 e. The number of hydrogen-bond donors (Lipinski definition) is 2. The number of H-pyrrole nitrogens is 1. The lowest BCUT2D eigenvalue weighted by Gasteiger charge is -2.13. The summed E-state index contributed by atoms with van der Waals surface area (Å²) in [6.45, 7) is 6.52. The zero-order chi connectivity index (χ0) is 19.7. The Balaban J connectivity index is 1.61. The molecule has 1 aromatic heterocycles. The van der Waals surface area contributed by atoms with Crippen LogP contribution in [0.25, 0.3) is 33.3 Å². The van der Waals surface area contributed by atoms with E-state index >= 15 is 0 Å². The van der Waals surface area contributed by atoms with Crippen LogP contribution in [0, 0.1) is 0 Å². The third kappa shape index (κ3) is 3.98. The molecular formula is C24H24N2S2. The summed E-state index contributed by atoms with van der Waals surface area (Å²) in [5, 5.41) is 0.798. The molecule has 0 aliphatic rings. The summed E-state index contributed by atoms with van der Waals surface area (Å²) >= 11 is 6.01. The Morgan fingerprint density at radius 3 is 1.93 bits per heavy atom. The lowest BCUT2D eigenvalue weighted by atomic mass is 9.96. The zero-order valence-electron chi connectivity index (χ0n) is 16.4. The van der Waals surface area contributed by atoms with E-state index < -0.39 is 0 Å². The maximum absolute atomic E-state index is 4.73. The number of thioether (sulfide) groups is 1. The summed E-state index contributed by atoms with van der Waals surface area (Å²) in [6.07, 6.45) is 0. The van der Waals surface area contributed by atoms with Crippen LogP contribution in [0.2, 0.25) is 0 Å². The number of fused-ring (bicyclic) bond motifs is 1. The van der Waals surface area contributed by atoms with E-state index in [1.54, 1.807) is 11.8 Å². The summed E-state index contributed by atoms with van der Waals surface area (Å²) in [5.41, 5.74) is 6.98. The average molecular weight is 405 g/mol. The lowest BCUT2D eigenvalue weighted by molar-refractivity contribution is 0.554. The van der Waals surface area contributed by atoms with Gasteiger partial charge in [-0.2, -0.15) is 12.6 Å². The van der Waals surface area contributed by atoms with Crippen molar-refractivity contribution in [3.8, 4) is 22.3 Å². The number of nitrogens with zero attached hydrogens (tertiary/aromatic N) is 1. The van der Waals surface area contributed by atoms with Gasteiger partial charge in [0.05, 0.1) is 11.0 Å². The molecule has 0 radical (unpaired) electrons. The van der Waals surface area contributed by atoms with E-state index in [1.807, 2.05) is 0 Å². The molecule has 4 rings (SSSR count). The second-order valence-electron chi connectivity index (χ2n) is 7.94. The van der Waals surface area contributed by atoms with E-state index in [4.69, 9.17) is 4.98 Å². The molecule has 3 aromatic carbocycles.